The lowest BCUT2D eigenvalue weighted by atomic mass is 9.88. The Kier molecular flexibility index (Phi) is 3.90. The number of benzene rings is 1. The van der Waals surface area contributed by atoms with Crippen LogP contribution >= 0.6 is 0 Å². The number of aliphatic hydroxyl groups is 1. The summed E-state index contributed by atoms with van der Waals surface area (Å²) < 4.78 is 26.8. The van der Waals surface area contributed by atoms with Crippen molar-refractivity contribution in [3.63, 3.8) is 0 Å². The lowest BCUT2D eigenvalue weighted by Crippen LogP contribution is -2.50. The maximum atomic E-state index is 13.9. The molecule has 2 aromatic rings. The molecule has 0 aliphatic carbocycles. The van der Waals surface area contributed by atoms with Crippen LogP contribution in [0.15, 0.2) is 16.9 Å². The van der Waals surface area contributed by atoms with Gasteiger partial charge in [0.25, 0.3) is 0 Å². The average Bonchev–Trinajstić information content (AvgIpc) is 2.82. The largest absolute Gasteiger partial charge is 0.490 e. The number of nitrogens with zero attached hydrogens (tertiary/aromatic N) is 4. The zero-order chi connectivity index (χ0) is 16.6. The van der Waals surface area contributed by atoms with E-state index in [2.05, 4.69) is 10.4 Å². The summed E-state index contributed by atoms with van der Waals surface area (Å²) in [6.07, 6.45) is 0. The highest BCUT2D eigenvalue weighted by molar-refractivity contribution is 5.48. The number of hydrogen-bond donors (Lipinski definition) is 1. The zero-order valence-corrected chi connectivity index (χ0v) is 12.8. The molecule has 1 aliphatic rings. The summed E-state index contributed by atoms with van der Waals surface area (Å²) in [7, 11) is 1.47. The number of ether oxygens (including phenoxy) is 2. The SMILES string of the molecule is Cc1cc(-n2nnn(C)c2=O)c(OCC2(CO)COC2)cc1F. The number of rotatable bonds is 5. The van der Waals surface area contributed by atoms with Gasteiger partial charge < -0.3 is 14.6 Å². The van der Waals surface area contributed by atoms with Crippen molar-refractivity contribution in [3.8, 4) is 11.4 Å². The van der Waals surface area contributed by atoms with Crippen LogP contribution in [0.25, 0.3) is 5.69 Å². The molecule has 1 aromatic heterocycles. The molecule has 8 nitrogen and oxygen atoms in total. The molecule has 0 radical (unpaired) electrons. The van der Waals surface area contributed by atoms with Crippen LogP contribution in [0.5, 0.6) is 5.75 Å². The Balaban J connectivity index is 1.97. The molecule has 0 bridgehead atoms. The number of halogens is 1. The molecule has 0 amide bonds. The van der Waals surface area contributed by atoms with E-state index in [9.17, 15) is 14.3 Å². The van der Waals surface area contributed by atoms with Crippen LogP contribution in [0.4, 0.5) is 4.39 Å². The molecule has 23 heavy (non-hydrogen) atoms. The third kappa shape index (κ3) is 2.73. The van der Waals surface area contributed by atoms with E-state index >= 15 is 0 Å². The van der Waals surface area contributed by atoms with Gasteiger partial charge in [-0.05, 0) is 29.0 Å². The smallest absolute Gasteiger partial charge is 0.368 e. The molecule has 1 aromatic carbocycles. The molecule has 0 spiro atoms. The second kappa shape index (κ2) is 5.74. The Labute approximate surface area is 131 Å². The first-order valence-corrected chi connectivity index (χ1v) is 7.07. The third-order valence-electron chi connectivity index (χ3n) is 3.88. The molecule has 1 aliphatic heterocycles. The van der Waals surface area contributed by atoms with E-state index in [0.717, 1.165) is 9.36 Å². The number of aromatic nitrogens is 4. The Morgan fingerprint density at radius 2 is 2.17 bits per heavy atom. The molecule has 0 saturated carbocycles. The van der Waals surface area contributed by atoms with Gasteiger partial charge in [-0.15, -0.1) is 0 Å². The summed E-state index contributed by atoms with van der Waals surface area (Å²) in [6, 6.07) is 2.68. The highest BCUT2D eigenvalue weighted by atomic mass is 19.1. The Morgan fingerprint density at radius 1 is 1.43 bits per heavy atom. The summed E-state index contributed by atoms with van der Waals surface area (Å²) in [5.41, 5.74) is -0.305. The average molecular weight is 324 g/mol. The number of tetrazole rings is 1. The third-order valence-corrected chi connectivity index (χ3v) is 3.88. The van der Waals surface area contributed by atoms with E-state index in [1.54, 1.807) is 6.92 Å². The van der Waals surface area contributed by atoms with E-state index in [0.29, 0.717) is 24.5 Å². The summed E-state index contributed by atoms with van der Waals surface area (Å²) in [5.74, 6) is -0.293. The van der Waals surface area contributed by atoms with Crippen molar-refractivity contribution in [1.29, 1.82) is 0 Å². The molecule has 1 N–H and O–H groups in total. The molecular formula is C14H17FN4O4. The topological polar surface area (TPSA) is 91.4 Å². The fraction of sp³-hybridized carbons (Fsp3) is 0.500. The highest BCUT2D eigenvalue weighted by Gasteiger charge is 2.39. The first-order chi connectivity index (χ1) is 11.0. The van der Waals surface area contributed by atoms with Gasteiger partial charge in [-0.2, -0.15) is 9.36 Å². The van der Waals surface area contributed by atoms with Crippen LogP contribution < -0.4 is 10.4 Å². The van der Waals surface area contributed by atoms with Gasteiger partial charge in [0.05, 0.1) is 25.2 Å². The summed E-state index contributed by atoms with van der Waals surface area (Å²) in [4.78, 5) is 12.0. The maximum absolute atomic E-state index is 13.9. The normalized spacial score (nSPS) is 16.2. The Morgan fingerprint density at radius 3 is 2.70 bits per heavy atom. The number of aryl methyl sites for hydroxylation is 2. The van der Waals surface area contributed by atoms with E-state index < -0.39 is 16.9 Å². The quantitative estimate of drug-likeness (QED) is 0.819. The Hall–Kier alpha value is -2.26. The molecule has 0 unspecified atom stereocenters. The monoisotopic (exact) mass is 324 g/mol. The van der Waals surface area contributed by atoms with Gasteiger partial charge in [0.2, 0.25) is 0 Å². The van der Waals surface area contributed by atoms with Crippen LogP contribution in [0.2, 0.25) is 0 Å². The van der Waals surface area contributed by atoms with Crippen molar-refractivity contribution in [1.82, 2.24) is 19.8 Å². The standard InChI is InChI=1S/C14H17FN4O4/c1-9-3-11(19-13(21)18(2)16-17-19)12(4-10(9)15)23-8-14(5-20)6-22-7-14/h3-4,20H,5-8H2,1-2H3. The Bertz CT molecular complexity index is 776. The van der Waals surface area contributed by atoms with Crippen molar-refractivity contribution >= 4 is 0 Å². The van der Waals surface area contributed by atoms with E-state index in [-0.39, 0.29) is 19.0 Å². The van der Waals surface area contributed by atoms with Crippen molar-refractivity contribution in [2.24, 2.45) is 12.5 Å². The van der Waals surface area contributed by atoms with Crippen LogP contribution in [0, 0.1) is 18.2 Å². The fourth-order valence-electron chi connectivity index (χ4n) is 2.24. The van der Waals surface area contributed by atoms with Crippen molar-refractivity contribution in [3.05, 3.63) is 34.0 Å². The maximum Gasteiger partial charge on any atom is 0.368 e. The zero-order valence-electron chi connectivity index (χ0n) is 12.8. The molecule has 9 heteroatoms. The highest BCUT2D eigenvalue weighted by Crippen LogP contribution is 2.31. The summed E-state index contributed by atoms with van der Waals surface area (Å²) in [5, 5.41) is 16.8. The number of hydrogen-bond acceptors (Lipinski definition) is 6. The van der Waals surface area contributed by atoms with Gasteiger partial charge in [-0.1, -0.05) is 0 Å². The van der Waals surface area contributed by atoms with Crippen LogP contribution in [-0.4, -0.2) is 51.3 Å². The second-order valence-electron chi connectivity index (χ2n) is 5.81. The van der Waals surface area contributed by atoms with Gasteiger partial charge in [-0.3, -0.25) is 0 Å². The predicted octanol–water partition coefficient (Wildman–Crippen LogP) is -0.199. The second-order valence-corrected chi connectivity index (χ2v) is 5.81. The fourth-order valence-corrected chi connectivity index (χ4v) is 2.24. The van der Waals surface area contributed by atoms with E-state index in [4.69, 9.17) is 9.47 Å². The van der Waals surface area contributed by atoms with Crippen molar-refractivity contribution < 1.29 is 19.0 Å². The molecular weight excluding hydrogens is 307 g/mol. The molecule has 2 heterocycles. The first-order valence-electron chi connectivity index (χ1n) is 7.07. The van der Waals surface area contributed by atoms with Gasteiger partial charge in [-0.25, -0.2) is 9.18 Å². The summed E-state index contributed by atoms with van der Waals surface area (Å²) >= 11 is 0. The molecule has 1 saturated heterocycles. The minimum Gasteiger partial charge on any atom is -0.490 e. The van der Waals surface area contributed by atoms with Gasteiger partial charge in [0.15, 0.2) is 0 Å². The summed E-state index contributed by atoms with van der Waals surface area (Å²) in [6.45, 7) is 2.38. The van der Waals surface area contributed by atoms with Crippen LogP contribution in [0.3, 0.4) is 0 Å². The van der Waals surface area contributed by atoms with Gasteiger partial charge in [0, 0.05) is 13.1 Å². The molecule has 3 rings (SSSR count). The molecule has 0 atom stereocenters. The van der Waals surface area contributed by atoms with Crippen LogP contribution in [-0.2, 0) is 11.8 Å². The minimum absolute atomic E-state index is 0.0955. The molecule has 124 valence electrons. The predicted molar refractivity (Wildman–Crippen MR) is 77.1 cm³/mol. The van der Waals surface area contributed by atoms with Crippen molar-refractivity contribution in [2.45, 2.75) is 6.92 Å². The minimum atomic E-state index is -0.494. The molecule has 1 fully saturated rings. The van der Waals surface area contributed by atoms with E-state index in [1.807, 2.05) is 0 Å². The van der Waals surface area contributed by atoms with Crippen molar-refractivity contribution in [2.75, 3.05) is 26.4 Å². The number of aliphatic hydroxyl groups excluding tert-OH is 1. The lowest BCUT2D eigenvalue weighted by Gasteiger charge is -2.39. The lowest BCUT2D eigenvalue weighted by molar-refractivity contribution is -0.153. The van der Waals surface area contributed by atoms with Gasteiger partial charge >= 0.3 is 5.69 Å². The first kappa shape index (κ1) is 15.6. The van der Waals surface area contributed by atoms with Gasteiger partial charge in [0.1, 0.15) is 23.9 Å². The van der Waals surface area contributed by atoms with Crippen LogP contribution in [0.1, 0.15) is 5.56 Å². The van der Waals surface area contributed by atoms with E-state index in [1.165, 1.54) is 19.2 Å².